The summed E-state index contributed by atoms with van der Waals surface area (Å²) in [6.45, 7) is 2.64. The van der Waals surface area contributed by atoms with Crippen molar-refractivity contribution in [3.05, 3.63) is 53.6 Å². The first kappa shape index (κ1) is 15.7. The first-order chi connectivity index (χ1) is 12.8. The van der Waals surface area contributed by atoms with E-state index in [0.29, 0.717) is 24.2 Å². The van der Waals surface area contributed by atoms with Gasteiger partial charge in [-0.15, -0.1) is 11.3 Å². The van der Waals surface area contributed by atoms with E-state index in [0.717, 1.165) is 47.8 Å². The highest BCUT2D eigenvalue weighted by Gasteiger charge is 2.25. The van der Waals surface area contributed by atoms with Gasteiger partial charge in [-0.25, -0.2) is 4.98 Å². The monoisotopic (exact) mass is 366 g/mol. The number of rotatable bonds is 4. The number of nitrogens with zero attached hydrogens (tertiary/aromatic N) is 4. The second-order valence-corrected chi connectivity index (χ2v) is 7.51. The first-order valence-corrected chi connectivity index (χ1v) is 9.67. The van der Waals surface area contributed by atoms with Gasteiger partial charge in [-0.05, 0) is 49.5 Å². The highest BCUT2D eigenvalue weighted by Crippen LogP contribution is 2.30. The van der Waals surface area contributed by atoms with Crippen molar-refractivity contribution in [1.29, 1.82) is 0 Å². The van der Waals surface area contributed by atoms with Crippen LogP contribution in [0.2, 0.25) is 0 Å². The van der Waals surface area contributed by atoms with E-state index in [1.807, 2.05) is 41.8 Å². The molecule has 3 aromatic heterocycles. The van der Waals surface area contributed by atoms with Gasteiger partial charge in [-0.3, -0.25) is 4.90 Å². The van der Waals surface area contributed by atoms with Crippen LogP contribution in [-0.4, -0.2) is 33.1 Å². The van der Waals surface area contributed by atoms with Crippen LogP contribution in [0.5, 0.6) is 0 Å². The summed E-state index contributed by atoms with van der Waals surface area (Å²) in [7, 11) is 0. The average Bonchev–Trinajstić information content (AvgIpc) is 3.42. The molecule has 0 aliphatic carbocycles. The standard InChI is InChI=1S/C19H18N4O2S/c1-2-5-15-14(4-1)20-19(24-15)13-7-9-23(10-8-13)12-17-21-18(22-25-17)16-6-3-11-26-16/h1-6,11,13H,7-10,12H2. The third kappa shape index (κ3) is 3.04. The van der Waals surface area contributed by atoms with Gasteiger partial charge in [0.15, 0.2) is 11.5 Å². The molecule has 0 saturated carbocycles. The SMILES string of the molecule is c1csc(-c2noc(CN3CCC(c4nc5ccccc5o4)CC3)n2)c1. The van der Waals surface area contributed by atoms with E-state index in [-0.39, 0.29) is 0 Å². The molecule has 1 aromatic carbocycles. The molecule has 0 bridgehead atoms. The van der Waals surface area contributed by atoms with Crippen molar-refractivity contribution in [1.82, 2.24) is 20.0 Å². The maximum absolute atomic E-state index is 5.94. The number of thiophene rings is 1. The van der Waals surface area contributed by atoms with Crippen LogP contribution >= 0.6 is 11.3 Å². The van der Waals surface area contributed by atoms with Crippen molar-refractivity contribution in [3.63, 3.8) is 0 Å². The summed E-state index contributed by atoms with van der Waals surface area (Å²) in [5.41, 5.74) is 1.81. The zero-order chi connectivity index (χ0) is 17.3. The molecule has 4 aromatic rings. The maximum Gasteiger partial charge on any atom is 0.241 e. The number of piperidine rings is 1. The van der Waals surface area contributed by atoms with Crippen molar-refractivity contribution in [2.75, 3.05) is 13.1 Å². The van der Waals surface area contributed by atoms with E-state index < -0.39 is 0 Å². The lowest BCUT2D eigenvalue weighted by Crippen LogP contribution is -2.32. The molecule has 6 nitrogen and oxygen atoms in total. The average molecular weight is 366 g/mol. The van der Waals surface area contributed by atoms with Crippen LogP contribution in [-0.2, 0) is 6.54 Å². The third-order valence-electron chi connectivity index (χ3n) is 4.82. The first-order valence-electron chi connectivity index (χ1n) is 8.79. The lowest BCUT2D eigenvalue weighted by atomic mass is 9.97. The van der Waals surface area contributed by atoms with Crippen LogP contribution < -0.4 is 0 Å². The Morgan fingerprint density at radius 2 is 1.96 bits per heavy atom. The number of benzene rings is 1. The fraction of sp³-hybridized carbons (Fsp3) is 0.316. The summed E-state index contributed by atoms with van der Waals surface area (Å²) < 4.78 is 11.4. The molecular formula is C19H18N4O2S. The van der Waals surface area contributed by atoms with Crippen LogP contribution in [0.4, 0.5) is 0 Å². The normalized spacial score (nSPS) is 16.5. The molecular weight excluding hydrogens is 348 g/mol. The Kier molecular flexibility index (Phi) is 4.03. The molecule has 0 N–H and O–H groups in total. The molecule has 4 heterocycles. The minimum Gasteiger partial charge on any atom is -0.440 e. The molecule has 5 rings (SSSR count). The van der Waals surface area contributed by atoms with Gasteiger partial charge in [0.1, 0.15) is 5.52 Å². The second-order valence-electron chi connectivity index (χ2n) is 6.56. The van der Waals surface area contributed by atoms with Crippen LogP contribution in [0.3, 0.4) is 0 Å². The molecule has 0 unspecified atom stereocenters. The Hall–Kier alpha value is -2.51. The highest BCUT2D eigenvalue weighted by molar-refractivity contribution is 7.13. The summed E-state index contributed by atoms with van der Waals surface area (Å²) in [6.07, 6.45) is 2.05. The predicted octanol–water partition coefficient (Wildman–Crippen LogP) is 4.32. The summed E-state index contributed by atoms with van der Waals surface area (Å²) in [6, 6.07) is 11.9. The molecule has 0 spiro atoms. The molecule has 0 amide bonds. The van der Waals surface area contributed by atoms with Gasteiger partial charge in [0.05, 0.1) is 11.4 Å². The van der Waals surface area contributed by atoms with E-state index in [2.05, 4.69) is 20.0 Å². The number of aromatic nitrogens is 3. The Morgan fingerprint density at radius 1 is 1.08 bits per heavy atom. The molecule has 7 heteroatoms. The number of fused-ring (bicyclic) bond motifs is 1. The Bertz CT molecular complexity index is 967. The molecule has 1 aliphatic heterocycles. The van der Waals surface area contributed by atoms with Crippen LogP contribution in [0, 0.1) is 0 Å². The Morgan fingerprint density at radius 3 is 2.77 bits per heavy atom. The number of likely N-dealkylation sites (tertiary alicyclic amines) is 1. The summed E-state index contributed by atoms with van der Waals surface area (Å²) in [5.74, 6) is 2.59. The minimum absolute atomic E-state index is 0.378. The predicted molar refractivity (Wildman–Crippen MR) is 98.9 cm³/mol. The number of oxazole rings is 1. The summed E-state index contributed by atoms with van der Waals surface area (Å²) >= 11 is 1.62. The lowest BCUT2D eigenvalue weighted by molar-refractivity contribution is 0.173. The zero-order valence-corrected chi connectivity index (χ0v) is 15.0. The highest BCUT2D eigenvalue weighted by atomic mass is 32.1. The van der Waals surface area contributed by atoms with Gasteiger partial charge in [0.25, 0.3) is 0 Å². The van der Waals surface area contributed by atoms with Crippen LogP contribution in [0.15, 0.2) is 50.7 Å². The molecule has 0 radical (unpaired) electrons. The molecule has 1 saturated heterocycles. The topological polar surface area (TPSA) is 68.2 Å². The summed E-state index contributed by atoms with van der Waals surface area (Å²) in [5, 5.41) is 6.10. The Balaban J connectivity index is 1.22. The van der Waals surface area contributed by atoms with Gasteiger partial charge in [0, 0.05) is 5.92 Å². The maximum atomic E-state index is 5.94. The molecule has 26 heavy (non-hydrogen) atoms. The van der Waals surface area contributed by atoms with Crippen LogP contribution in [0.25, 0.3) is 21.8 Å². The largest absolute Gasteiger partial charge is 0.440 e. The summed E-state index contributed by atoms with van der Waals surface area (Å²) in [4.78, 5) is 12.6. The van der Waals surface area contributed by atoms with Crippen molar-refractivity contribution in [2.24, 2.45) is 0 Å². The molecule has 132 valence electrons. The second kappa shape index (κ2) is 6.66. The van der Waals surface area contributed by atoms with Crippen molar-refractivity contribution in [2.45, 2.75) is 25.3 Å². The Labute approximate surface area is 154 Å². The lowest BCUT2D eigenvalue weighted by Gasteiger charge is -2.29. The zero-order valence-electron chi connectivity index (χ0n) is 14.2. The van der Waals surface area contributed by atoms with Gasteiger partial charge >= 0.3 is 0 Å². The molecule has 1 aliphatic rings. The van der Waals surface area contributed by atoms with Gasteiger partial charge in [0.2, 0.25) is 11.7 Å². The number of hydrogen-bond acceptors (Lipinski definition) is 7. The fourth-order valence-corrected chi connectivity index (χ4v) is 4.07. The minimum atomic E-state index is 0.378. The van der Waals surface area contributed by atoms with E-state index in [1.165, 1.54) is 0 Å². The molecule has 0 atom stereocenters. The van der Waals surface area contributed by atoms with Gasteiger partial charge in [-0.2, -0.15) is 4.98 Å². The fourth-order valence-electron chi connectivity index (χ4n) is 3.42. The van der Waals surface area contributed by atoms with E-state index >= 15 is 0 Å². The van der Waals surface area contributed by atoms with Crippen molar-refractivity contribution < 1.29 is 8.94 Å². The van der Waals surface area contributed by atoms with Gasteiger partial charge in [-0.1, -0.05) is 23.4 Å². The van der Waals surface area contributed by atoms with Crippen molar-refractivity contribution >= 4 is 22.4 Å². The quantitative estimate of drug-likeness (QED) is 0.536. The van der Waals surface area contributed by atoms with Crippen LogP contribution in [0.1, 0.15) is 30.5 Å². The van der Waals surface area contributed by atoms with E-state index in [1.54, 1.807) is 11.3 Å². The molecule has 1 fully saturated rings. The van der Waals surface area contributed by atoms with Gasteiger partial charge < -0.3 is 8.94 Å². The van der Waals surface area contributed by atoms with E-state index in [4.69, 9.17) is 8.94 Å². The number of hydrogen-bond donors (Lipinski definition) is 0. The van der Waals surface area contributed by atoms with Crippen molar-refractivity contribution in [3.8, 4) is 10.7 Å². The van der Waals surface area contributed by atoms with E-state index in [9.17, 15) is 0 Å². The third-order valence-corrected chi connectivity index (χ3v) is 5.68. The number of para-hydroxylation sites is 2. The smallest absolute Gasteiger partial charge is 0.241 e.